The van der Waals surface area contributed by atoms with Gasteiger partial charge in [-0.15, -0.1) is 6.58 Å². The molecule has 0 aromatic carbocycles. The van der Waals surface area contributed by atoms with Crippen molar-refractivity contribution >= 4 is 29.8 Å². The lowest BCUT2D eigenvalue weighted by molar-refractivity contribution is -0.160. The number of carbonyl (C=O) groups excluding carboxylic acids is 5. The summed E-state index contributed by atoms with van der Waals surface area (Å²) in [4.78, 5) is 103. The maximum Gasteiger partial charge on any atom is 0.337 e. The first-order chi connectivity index (χ1) is 20.2. The van der Waals surface area contributed by atoms with Gasteiger partial charge in [0.2, 0.25) is 11.8 Å². The summed E-state index contributed by atoms with van der Waals surface area (Å²) in [6, 6.07) is -0.961. The number of barbiturate groups is 1. The third-order valence-electron chi connectivity index (χ3n) is 7.10. The Kier molecular flexibility index (Phi) is 11.9. The molecule has 2 atom stereocenters. The van der Waals surface area contributed by atoms with E-state index in [1.165, 1.54) is 13.1 Å². The fourth-order valence-corrected chi connectivity index (χ4v) is 4.39. The van der Waals surface area contributed by atoms with Gasteiger partial charge in [-0.25, -0.2) is 32.9 Å². The van der Waals surface area contributed by atoms with Gasteiger partial charge in [-0.05, 0) is 19.3 Å². The van der Waals surface area contributed by atoms with Gasteiger partial charge in [0, 0.05) is 7.05 Å². The number of esters is 2. The summed E-state index contributed by atoms with van der Waals surface area (Å²) in [6.45, 7) is 4.21. The smallest absolute Gasteiger partial charge is 0.337 e. The van der Waals surface area contributed by atoms with E-state index < -0.39 is 97.3 Å². The van der Waals surface area contributed by atoms with E-state index in [2.05, 4.69) is 6.58 Å². The average Bonchev–Trinajstić information content (AvgIpc) is 2.99. The molecule has 0 radical (unpaired) electrons. The number of urea groups is 1. The molecule has 43 heavy (non-hydrogen) atoms. The number of rotatable bonds is 15. The molecule has 17 nitrogen and oxygen atoms in total. The highest BCUT2D eigenvalue weighted by Crippen LogP contribution is 2.35. The van der Waals surface area contributed by atoms with Crippen LogP contribution in [-0.4, -0.2) is 103 Å². The number of carbonyl (C=O) groups is 5. The van der Waals surface area contributed by atoms with E-state index in [-0.39, 0.29) is 25.8 Å². The van der Waals surface area contributed by atoms with Crippen LogP contribution < -0.4 is 17.1 Å². The summed E-state index contributed by atoms with van der Waals surface area (Å²) in [5.74, 6) is -3.72. The van der Waals surface area contributed by atoms with Crippen LogP contribution in [0, 0.1) is 5.41 Å². The van der Waals surface area contributed by atoms with Crippen molar-refractivity contribution in [3.8, 4) is 0 Å². The van der Waals surface area contributed by atoms with E-state index in [1.807, 2.05) is 0 Å². The highest BCUT2D eigenvalue weighted by Gasteiger charge is 2.54. The van der Waals surface area contributed by atoms with Crippen molar-refractivity contribution in [1.82, 2.24) is 23.5 Å². The zero-order valence-electron chi connectivity index (χ0n) is 24.5. The van der Waals surface area contributed by atoms with Gasteiger partial charge in [0.05, 0.1) is 19.2 Å². The molecule has 0 spiro atoms. The van der Waals surface area contributed by atoms with Crippen molar-refractivity contribution < 1.29 is 43.7 Å². The second-order valence-corrected chi connectivity index (χ2v) is 9.85. The van der Waals surface area contributed by atoms with Crippen molar-refractivity contribution in [3.63, 3.8) is 0 Å². The van der Waals surface area contributed by atoms with Gasteiger partial charge in [0.15, 0.2) is 0 Å². The number of β-amino-alcohol motifs (C(OH)–C–C–N with tert-alkyl or cyclic N) is 1. The van der Waals surface area contributed by atoms with E-state index in [1.54, 1.807) is 20.8 Å². The van der Waals surface area contributed by atoms with Crippen LogP contribution in [0.3, 0.4) is 0 Å². The van der Waals surface area contributed by atoms with Crippen LogP contribution in [0.25, 0.3) is 0 Å². The zero-order chi connectivity index (χ0) is 32.6. The maximum atomic E-state index is 13.1. The molecule has 2 unspecified atom stereocenters. The highest BCUT2D eigenvalue weighted by molar-refractivity contribution is 6.18. The lowest BCUT2D eigenvalue weighted by atomic mass is 9.78. The van der Waals surface area contributed by atoms with Crippen LogP contribution >= 0.6 is 0 Å². The first kappa shape index (κ1) is 34.8. The molecule has 1 aromatic heterocycles. The summed E-state index contributed by atoms with van der Waals surface area (Å²) >= 11 is 0. The number of aliphatic hydroxyl groups is 2. The average molecular weight is 612 g/mol. The fraction of sp³-hybridized carbons (Fsp3) is 0.615. The lowest BCUT2D eigenvalue weighted by Gasteiger charge is -2.42. The number of aromatic nitrogens is 3. The molecule has 1 saturated heterocycles. The van der Waals surface area contributed by atoms with Gasteiger partial charge in [-0.2, -0.15) is 0 Å². The molecule has 1 aromatic rings. The van der Waals surface area contributed by atoms with E-state index in [0.29, 0.717) is 18.6 Å². The number of nitrogens with zero attached hydrogens (tertiary/aromatic N) is 5. The van der Waals surface area contributed by atoms with Crippen LogP contribution in [0.2, 0.25) is 0 Å². The zero-order valence-corrected chi connectivity index (χ0v) is 24.5. The molecule has 0 saturated carbocycles. The molecule has 2 heterocycles. The largest absolute Gasteiger partial charge is 0.462 e. The number of hydrogen-bond donors (Lipinski definition) is 2. The molecule has 17 heteroatoms. The summed E-state index contributed by atoms with van der Waals surface area (Å²) in [7, 11) is 1.21. The number of imide groups is 2. The van der Waals surface area contributed by atoms with E-state index in [9.17, 15) is 48.6 Å². The van der Waals surface area contributed by atoms with Gasteiger partial charge >= 0.3 is 35.0 Å². The Morgan fingerprint density at radius 2 is 1.28 bits per heavy atom. The lowest BCUT2D eigenvalue weighted by Crippen LogP contribution is -2.65. The molecule has 0 aliphatic carbocycles. The summed E-state index contributed by atoms with van der Waals surface area (Å²) in [5.41, 5.74) is -5.19. The Balaban J connectivity index is 2.21. The SMILES string of the molecule is C=CCn1c(=O)n(CC(=O)OCC(O)CC)c(=O)n(CC(=O)OCC(O)CN2C(=O)N(C)C(=O)C(CC)(CC)C2=O)c1=O. The Morgan fingerprint density at radius 1 is 0.814 bits per heavy atom. The minimum Gasteiger partial charge on any atom is -0.462 e. The van der Waals surface area contributed by atoms with E-state index in [0.717, 1.165) is 4.90 Å². The summed E-state index contributed by atoms with van der Waals surface area (Å²) in [5, 5.41) is 20.0. The van der Waals surface area contributed by atoms with Crippen LogP contribution in [-0.2, 0) is 48.3 Å². The molecule has 4 amide bonds. The monoisotopic (exact) mass is 611 g/mol. The molecule has 2 N–H and O–H groups in total. The second kappa shape index (κ2) is 14.7. The third-order valence-corrected chi connectivity index (χ3v) is 7.10. The van der Waals surface area contributed by atoms with Crippen molar-refractivity contribution in [1.29, 1.82) is 0 Å². The van der Waals surface area contributed by atoms with Crippen LogP contribution in [0.5, 0.6) is 0 Å². The standard InChI is InChI=1S/C26H37N5O12/c1-6-10-28-23(39)30(12-18(34)42-14-16(32)7-2)25(41)31(24(28)40)13-19(35)43-15-17(33)11-29-21(37)26(8-3,9-4)20(36)27(5)22(29)38/h6,16-17,32-33H,1,7-15H2,2-5H3. The fourth-order valence-electron chi connectivity index (χ4n) is 4.39. The Bertz CT molecular complexity index is 1440. The Labute approximate surface area is 245 Å². The molecule has 1 fully saturated rings. The third kappa shape index (κ3) is 7.34. The predicted octanol–water partition coefficient (Wildman–Crippen LogP) is -2.20. The minimum atomic E-state index is -1.60. The molecule has 2 rings (SSSR count). The van der Waals surface area contributed by atoms with Gasteiger partial charge in [0.1, 0.15) is 37.8 Å². The van der Waals surface area contributed by atoms with E-state index >= 15 is 0 Å². The molecular weight excluding hydrogens is 574 g/mol. The first-order valence-corrected chi connectivity index (χ1v) is 13.6. The molecule has 1 aliphatic rings. The highest BCUT2D eigenvalue weighted by atomic mass is 16.5. The molecule has 0 bridgehead atoms. The topological polar surface area (TPSA) is 217 Å². The Hall–Kier alpha value is -4.38. The van der Waals surface area contributed by atoms with Crippen LogP contribution in [0.1, 0.15) is 40.0 Å². The second-order valence-electron chi connectivity index (χ2n) is 9.85. The minimum absolute atomic E-state index is 0.110. The normalized spacial score (nSPS) is 16.2. The van der Waals surface area contributed by atoms with Crippen molar-refractivity contribution in [3.05, 3.63) is 44.1 Å². The summed E-state index contributed by atoms with van der Waals surface area (Å²) in [6.07, 6.45) is -0.889. The van der Waals surface area contributed by atoms with Crippen molar-refractivity contribution in [2.24, 2.45) is 5.41 Å². The van der Waals surface area contributed by atoms with Gasteiger partial charge in [0.25, 0.3) is 0 Å². The summed E-state index contributed by atoms with van der Waals surface area (Å²) < 4.78 is 11.1. The quantitative estimate of drug-likeness (QED) is 0.123. The molecule has 238 valence electrons. The molecule has 1 aliphatic heterocycles. The number of allylic oxidation sites excluding steroid dienone is 1. The number of hydrogen-bond acceptors (Lipinski definition) is 12. The van der Waals surface area contributed by atoms with Crippen molar-refractivity contribution in [2.45, 2.75) is 71.9 Å². The van der Waals surface area contributed by atoms with Crippen LogP contribution in [0.15, 0.2) is 27.0 Å². The maximum absolute atomic E-state index is 13.1. The number of aliphatic hydroxyl groups excluding tert-OH is 2. The predicted molar refractivity (Wildman–Crippen MR) is 147 cm³/mol. The van der Waals surface area contributed by atoms with Crippen molar-refractivity contribution in [2.75, 3.05) is 26.8 Å². The van der Waals surface area contributed by atoms with Gasteiger partial charge in [-0.1, -0.05) is 26.8 Å². The van der Waals surface area contributed by atoms with Crippen LogP contribution in [0.4, 0.5) is 4.79 Å². The number of amides is 4. The van der Waals surface area contributed by atoms with Gasteiger partial charge < -0.3 is 19.7 Å². The van der Waals surface area contributed by atoms with E-state index in [4.69, 9.17) is 9.47 Å². The Morgan fingerprint density at radius 3 is 1.72 bits per heavy atom. The molecular formula is C26H37N5O12. The van der Waals surface area contributed by atoms with Gasteiger partial charge in [-0.3, -0.25) is 29.0 Å². The number of ether oxygens (including phenoxy) is 2. The first-order valence-electron chi connectivity index (χ1n) is 13.6.